The van der Waals surface area contributed by atoms with Gasteiger partial charge in [-0.2, -0.15) is 0 Å². The summed E-state index contributed by atoms with van der Waals surface area (Å²) in [7, 11) is 0. The van der Waals surface area contributed by atoms with E-state index in [1.165, 1.54) is 10.8 Å². The average molecular weight is 266 g/mol. The number of hydrogen-bond acceptors (Lipinski definition) is 1. The van der Waals surface area contributed by atoms with Crippen LogP contribution in [0.25, 0.3) is 10.8 Å². The van der Waals surface area contributed by atoms with Gasteiger partial charge in [0.05, 0.1) is 0 Å². The van der Waals surface area contributed by atoms with E-state index >= 15 is 0 Å². The van der Waals surface area contributed by atoms with Crippen LogP contribution in [0.1, 0.15) is 13.8 Å². The van der Waals surface area contributed by atoms with Crippen LogP contribution < -0.4 is 0 Å². The van der Waals surface area contributed by atoms with E-state index in [1.54, 1.807) is 0 Å². The Labute approximate surface area is 108 Å². The molecule has 0 fully saturated rings. The topological polar surface area (TPSA) is 20.2 Å². The molecule has 0 aliphatic carbocycles. The van der Waals surface area contributed by atoms with E-state index in [4.69, 9.17) is 5.11 Å². The van der Waals surface area contributed by atoms with E-state index in [0.717, 1.165) is 0 Å². The van der Waals surface area contributed by atoms with E-state index in [-0.39, 0.29) is 17.1 Å². The largest absolute Gasteiger partial charge is 0.396 e. The Morgan fingerprint density at radius 1 is 0.875 bits per heavy atom. The third kappa shape index (κ3) is 5.31. The van der Waals surface area contributed by atoms with Gasteiger partial charge >= 0.3 is 0 Å². The summed E-state index contributed by atoms with van der Waals surface area (Å²) in [4.78, 5) is 0. The zero-order chi connectivity index (χ0) is 11.1. The smallest absolute Gasteiger partial charge is 0.0453 e. The molecule has 0 aliphatic rings. The second-order valence-electron chi connectivity index (χ2n) is 3.92. The normalized spacial score (nSPS) is 9.25. The van der Waals surface area contributed by atoms with Gasteiger partial charge in [-0.3, -0.25) is 0 Å². The molecule has 1 N–H and O–H groups in total. The van der Waals surface area contributed by atoms with E-state index in [0.29, 0.717) is 12.5 Å². The third-order valence-electron chi connectivity index (χ3n) is 2.02. The van der Waals surface area contributed by atoms with Crippen molar-refractivity contribution in [2.24, 2.45) is 5.92 Å². The molecule has 2 rings (SSSR count). The first-order valence-electron chi connectivity index (χ1n) is 5.28. The van der Waals surface area contributed by atoms with Gasteiger partial charge in [-0.15, -0.1) is 0 Å². The predicted molar refractivity (Wildman–Crippen MR) is 65.9 cm³/mol. The van der Waals surface area contributed by atoms with Crippen LogP contribution in [0.5, 0.6) is 0 Å². The molecule has 0 spiro atoms. The van der Waals surface area contributed by atoms with Crippen LogP contribution in [0, 0.1) is 5.92 Å². The van der Waals surface area contributed by atoms with Crippen molar-refractivity contribution < 1.29 is 22.2 Å². The Bertz CT molecular complexity index is 333. The molecule has 2 aromatic rings. The maximum atomic E-state index is 8.14. The number of aliphatic hydroxyl groups is 1. The molecular weight excluding hydrogens is 248 g/mol. The molecule has 0 saturated heterocycles. The minimum Gasteiger partial charge on any atom is -0.396 e. The first-order valence-corrected chi connectivity index (χ1v) is 5.28. The van der Waals surface area contributed by atoms with Gasteiger partial charge in [0, 0.05) is 23.7 Å². The second kappa shape index (κ2) is 8.35. The molecule has 0 unspecified atom stereocenters. The zero-order valence-corrected chi connectivity index (χ0v) is 10.6. The summed E-state index contributed by atoms with van der Waals surface area (Å²) in [5.41, 5.74) is 0. The van der Waals surface area contributed by atoms with Gasteiger partial charge in [0.1, 0.15) is 0 Å². The minimum atomic E-state index is 0. The second-order valence-corrected chi connectivity index (χ2v) is 3.92. The molecule has 1 radical (unpaired) electrons. The molecule has 0 bridgehead atoms. The summed E-state index contributed by atoms with van der Waals surface area (Å²) >= 11 is 0. The SMILES string of the molecule is CC(C)CO.[Cu].c1ccc2ccccc2c1. The van der Waals surface area contributed by atoms with Crippen LogP contribution in [0.15, 0.2) is 48.5 Å². The summed E-state index contributed by atoms with van der Waals surface area (Å²) in [5.74, 6) is 0.440. The molecule has 0 aromatic heterocycles. The summed E-state index contributed by atoms with van der Waals surface area (Å²) < 4.78 is 0. The zero-order valence-electron chi connectivity index (χ0n) is 9.65. The van der Waals surface area contributed by atoms with Gasteiger partial charge in [-0.05, 0) is 16.7 Å². The standard InChI is InChI=1S/C10H8.C4H10O.Cu/c1-2-6-10-8-4-3-7-9(10)5-1;1-4(2)3-5;/h1-8H;4-5H,3H2,1-2H3;. The van der Waals surface area contributed by atoms with Crippen molar-refractivity contribution >= 4 is 10.8 Å². The first-order chi connectivity index (χ1) is 7.24. The molecule has 2 aromatic carbocycles. The molecule has 1 nitrogen and oxygen atoms in total. The molecule has 2 heteroatoms. The van der Waals surface area contributed by atoms with Crippen LogP contribution in [0.2, 0.25) is 0 Å². The van der Waals surface area contributed by atoms with Crippen LogP contribution in [0.3, 0.4) is 0 Å². The van der Waals surface area contributed by atoms with Gasteiger partial charge < -0.3 is 5.11 Å². The Morgan fingerprint density at radius 3 is 1.31 bits per heavy atom. The van der Waals surface area contributed by atoms with Crippen molar-refractivity contribution in [3.05, 3.63) is 48.5 Å². The molecule has 0 saturated carbocycles. The number of hydrogen-bond donors (Lipinski definition) is 1. The van der Waals surface area contributed by atoms with Gasteiger partial charge in [0.2, 0.25) is 0 Å². The Balaban J connectivity index is 0.000000330. The number of benzene rings is 2. The molecule has 0 aliphatic heterocycles. The van der Waals surface area contributed by atoms with E-state index < -0.39 is 0 Å². The van der Waals surface area contributed by atoms with Crippen LogP contribution >= 0.6 is 0 Å². The Kier molecular flexibility index (Phi) is 7.92. The predicted octanol–water partition coefficient (Wildman–Crippen LogP) is 3.47. The maximum Gasteiger partial charge on any atom is 0.0453 e. The van der Waals surface area contributed by atoms with Crippen molar-refractivity contribution in [1.29, 1.82) is 0 Å². The van der Waals surface area contributed by atoms with E-state index in [9.17, 15) is 0 Å². The van der Waals surface area contributed by atoms with Crippen LogP contribution in [-0.4, -0.2) is 11.7 Å². The molecule has 16 heavy (non-hydrogen) atoms. The Morgan fingerprint density at radius 2 is 1.12 bits per heavy atom. The van der Waals surface area contributed by atoms with Crippen molar-refractivity contribution in [2.75, 3.05) is 6.61 Å². The van der Waals surface area contributed by atoms with Crippen molar-refractivity contribution in [1.82, 2.24) is 0 Å². The molecular formula is C14H18CuO. The summed E-state index contributed by atoms with van der Waals surface area (Å²) in [6.07, 6.45) is 0. The average Bonchev–Trinajstić information content (AvgIpc) is 2.30. The summed E-state index contributed by atoms with van der Waals surface area (Å²) in [6.45, 7) is 4.25. The number of aliphatic hydroxyl groups excluding tert-OH is 1. The first kappa shape index (κ1) is 15.2. The van der Waals surface area contributed by atoms with Gasteiger partial charge in [0.25, 0.3) is 0 Å². The summed E-state index contributed by atoms with van der Waals surface area (Å²) in [6, 6.07) is 16.7. The fourth-order valence-electron chi connectivity index (χ4n) is 1.13. The number of rotatable bonds is 1. The van der Waals surface area contributed by atoms with Crippen LogP contribution in [0.4, 0.5) is 0 Å². The fraction of sp³-hybridized carbons (Fsp3) is 0.286. The molecule has 0 heterocycles. The van der Waals surface area contributed by atoms with Crippen molar-refractivity contribution in [3.8, 4) is 0 Å². The fourth-order valence-corrected chi connectivity index (χ4v) is 1.13. The molecule has 0 amide bonds. The van der Waals surface area contributed by atoms with Crippen molar-refractivity contribution in [2.45, 2.75) is 13.8 Å². The van der Waals surface area contributed by atoms with Crippen molar-refractivity contribution in [3.63, 3.8) is 0 Å². The molecule has 91 valence electrons. The van der Waals surface area contributed by atoms with Gasteiger partial charge in [-0.25, -0.2) is 0 Å². The minimum absolute atomic E-state index is 0. The third-order valence-corrected chi connectivity index (χ3v) is 2.02. The van der Waals surface area contributed by atoms with E-state index in [2.05, 4.69) is 48.5 Å². The van der Waals surface area contributed by atoms with Gasteiger partial charge in [0.15, 0.2) is 0 Å². The van der Waals surface area contributed by atoms with Gasteiger partial charge in [-0.1, -0.05) is 62.4 Å². The van der Waals surface area contributed by atoms with Crippen LogP contribution in [-0.2, 0) is 17.1 Å². The molecule has 0 atom stereocenters. The summed E-state index contributed by atoms with van der Waals surface area (Å²) in [5, 5.41) is 10.8. The number of fused-ring (bicyclic) bond motifs is 1. The Hall–Kier alpha value is -0.821. The monoisotopic (exact) mass is 265 g/mol. The maximum absolute atomic E-state index is 8.14. The quantitative estimate of drug-likeness (QED) is 0.783. The van der Waals surface area contributed by atoms with E-state index in [1.807, 2.05) is 13.8 Å².